The van der Waals surface area contributed by atoms with Crippen molar-refractivity contribution in [3.63, 3.8) is 0 Å². The molecule has 0 spiro atoms. The Kier molecular flexibility index (Phi) is 2.93. The van der Waals surface area contributed by atoms with E-state index in [4.69, 9.17) is 0 Å². The topological polar surface area (TPSA) is 49.8 Å². The number of nitrogens with one attached hydrogen (secondary N) is 2. The lowest BCUT2D eigenvalue weighted by atomic mass is 10.3. The monoisotopic (exact) mass is 269 g/mol. The molecule has 1 aromatic heterocycles. The van der Waals surface area contributed by atoms with Crippen LogP contribution in [-0.2, 0) is 6.54 Å². The first kappa shape index (κ1) is 10.4. The Morgan fingerprint density at radius 3 is 3.07 bits per heavy atom. The van der Waals surface area contributed by atoms with Crippen LogP contribution in [0.3, 0.4) is 0 Å². The zero-order chi connectivity index (χ0) is 10.8. The lowest BCUT2D eigenvalue weighted by Crippen LogP contribution is -2.23. The molecule has 0 unspecified atom stereocenters. The van der Waals surface area contributed by atoms with Gasteiger partial charge in [-0.1, -0.05) is 6.07 Å². The van der Waals surface area contributed by atoms with Crippen LogP contribution in [0.2, 0.25) is 0 Å². The van der Waals surface area contributed by atoms with Crippen molar-refractivity contribution in [3.05, 3.63) is 33.2 Å². The number of likely N-dealkylation sites (N-methyl/N-ethyl adjacent to an activating group) is 1. The van der Waals surface area contributed by atoms with E-state index in [2.05, 4.69) is 26.2 Å². The quantitative estimate of drug-likeness (QED) is 0.883. The van der Waals surface area contributed by atoms with Crippen LogP contribution in [0.4, 0.5) is 0 Å². The van der Waals surface area contributed by atoms with Crippen LogP contribution in [0.25, 0.3) is 11.0 Å². The Balaban J connectivity index is 2.58. The molecule has 4 nitrogen and oxygen atoms in total. The third-order valence-electron chi connectivity index (χ3n) is 2.34. The Morgan fingerprint density at radius 1 is 1.53 bits per heavy atom. The van der Waals surface area contributed by atoms with Crippen molar-refractivity contribution >= 4 is 27.0 Å². The molecule has 1 aromatic carbocycles. The summed E-state index contributed by atoms with van der Waals surface area (Å²) in [5.74, 6) is 0. The molecule has 0 radical (unpaired) electrons. The van der Waals surface area contributed by atoms with Crippen LogP contribution < -0.4 is 11.0 Å². The molecule has 0 fully saturated rings. The van der Waals surface area contributed by atoms with E-state index in [0.717, 1.165) is 22.1 Å². The molecule has 0 bridgehead atoms. The Hall–Kier alpha value is -1.07. The Labute approximate surface area is 95.4 Å². The summed E-state index contributed by atoms with van der Waals surface area (Å²) < 4.78 is 2.65. The molecule has 0 saturated heterocycles. The summed E-state index contributed by atoms with van der Waals surface area (Å²) in [5.41, 5.74) is 1.73. The highest BCUT2D eigenvalue weighted by molar-refractivity contribution is 9.10. The average Bonchev–Trinajstić information content (AvgIpc) is 2.54. The molecule has 0 saturated carbocycles. The van der Waals surface area contributed by atoms with Crippen molar-refractivity contribution in [1.82, 2.24) is 14.9 Å². The molecule has 80 valence electrons. The predicted molar refractivity (Wildman–Crippen MR) is 64.2 cm³/mol. The van der Waals surface area contributed by atoms with Crippen LogP contribution in [0.5, 0.6) is 0 Å². The summed E-state index contributed by atoms with van der Waals surface area (Å²) in [5, 5.41) is 3.03. The van der Waals surface area contributed by atoms with Crippen molar-refractivity contribution in [2.24, 2.45) is 0 Å². The van der Waals surface area contributed by atoms with Gasteiger partial charge >= 0.3 is 5.69 Å². The fraction of sp³-hybridized carbons (Fsp3) is 0.300. The molecule has 1 heterocycles. The zero-order valence-corrected chi connectivity index (χ0v) is 9.97. The lowest BCUT2D eigenvalue weighted by molar-refractivity contribution is 0.642. The van der Waals surface area contributed by atoms with Gasteiger partial charge < -0.3 is 10.3 Å². The molecular formula is C10H12BrN3O. The number of benzene rings is 1. The van der Waals surface area contributed by atoms with Crippen molar-refractivity contribution in [1.29, 1.82) is 0 Å². The zero-order valence-electron chi connectivity index (χ0n) is 8.38. The minimum absolute atomic E-state index is 0.0628. The summed E-state index contributed by atoms with van der Waals surface area (Å²) in [6, 6.07) is 5.78. The van der Waals surface area contributed by atoms with Gasteiger partial charge in [-0.3, -0.25) is 4.57 Å². The summed E-state index contributed by atoms with van der Waals surface area (Å²) >= 11 is 3.41. The Morgan fingerprint density at radius 2 is 2.33 bits per heavy atom. The van der Waals surface area contributed by atoms with Crippen LogP contribution in [0, 0.1) is 0 Å². The maximum absolute atomic E-state index is 11.7. The second-order valence-electron chi connectivity index (χ2n) is 3.32. The smallest absolute Gasteiger partial charge is 0.318 e. The summed E-state index contributed by atoms with van der Waals surface area (Å²) in [7, 11) is 1.87. The number of halogens is 1. The minimum atomic E-state index is -0.0628. The third kappa shape index (κ3) is 1.85. The van der Waals surface area contributed by atoms with E-state index in [1.54, 1.807) is 4.57 Å². The number of para-hydroxylation sites is 1. The molecule has 5 heteroatoms. The number of aromatic nitrogens is 2. The van der Waals surface area contributed by atoms with Gasteiger partial charge in [0.15, 0.2) is 0 Å². The number of H-pyrrole nitrogens is 1. The third-order valence-corrected chi connectivity index (χ3v) is 3.01. The van der Waals surface area contributed by atoms with E-state index in [-0.39, 0.29) is 5.69 Å². The summed E-state index contributed by atoms with van der Waals surface area (Å²) in [4.78, 5) is 14.5. The first-order chi connectivity index (χ1) is 7.24. The van der Waals surface area contributed by atoms with Gasteiger partial charge in [0, 0.05) is 17.6 Å². The van der Waals surface area contributed by atoms with E-state index in [0.29, 0.717) is 6.54 Å². The van der Waals surface area contributed by atoms with E-state index in [1.165, 1.54) is 0 Å². The van der Waals surface area contributed by atoms with Crippen molar-refractivity contribution in [2.75, 3.05) is 13.6 Å². The molecular weight excluding hydrogens is 258 g/mol. The first-order valence-corrected chi connectivity index (χ1v) is 5.55. The van der Waals surface area contributed by atoms with Crippen LogP contribution in [0.15, 0.2) is 27.5 Å². The van der Waals surface area contributed by atoms with E-state index >= 15 is 0 Å². The standard InChI is InChI=1S/C10H12BrN3O/c1-12-5-6-14-8-4-2-3-7(11)9(8)13-10(14)15/h2-4,12H,5-6H2,1H3,(H,13,15). The number of rotatable bonds is 3. The highest BCUT2D eigenvalue weighted by Crippen LogP contribution is 2.20. The maximum Gasteiger partial charge on any atom is 0.326 e. The van der Waals surface area contributed by atoms with Gasteiger partial charge in [-0.25, -0.2) is 4.79 Å². The number of aromatic amines is 1. The minimum Gasteiger partial charge on any atom is -0.318 e. The van der Waals surface area contributed by atoms with Gasteiger partial charge in [0.25, 0.3) is 0 Å². The number of nitrogens with zero attached hydrogens (tertiary/aromatic N) is 1. The second kappa shape index (κ2) is 4.20. The second-order valence-corrected chi connectivity index (χ2v) is 4.17. The van der Waals surface area contributed by atoms with E-state index < -0.39 is 0 Å². The molecule has 0 amide bonds. The average molecular weight is 270 g/mol. The van der Waals surface area contributed by atoms with Gasteiger partial charge in [-0.15, -0.1) is 0 Å². The number of fused-ring (bicyclic) bond motifs is 1. The van der Waals surface area contributed by atoms with Crippen LogP contribution in [0.1, 0.15) is 0 Å². The SMILES string of the molecule is CNCCn1c(=O)[nH]c2c(Br)cccc21. The molecule has 2 rings (SSSR count). The van der Waals surface area contributed by atoms with Gasteiger partial charge in [0.05, 0.1) is 11.0 Å². The molecule has 2 N–H and O–H groups in total. The van der Waals surface area contributed by atoms with Crippen molar-refractivity contribution < 1.29 is 0 Å². The first-order valence-electron chi connectivity index (χ1n) is 4.75. The van der Waals surface area contributed by atoms with Crippen molar-refractivity contribution in [3.8, 4) is 0 Å². The Bertz CT molecular complexity index is 529. The van der Waals surface area contributed by atoms with Gasteiger partial charge in [0.1, 0.15) is 0 Å². The molecule has 0 atom stereocenters. The highest BCUT2D eigenvalue weighted by Gasteiger charge is 2.07. The van der Waals surface area contributed by atoms with Crippen LogP contribution >= 0.6 is 15.9 Å². The number of hydrogen-bond acceptors (Lipinski definition) is 2. The maximum atomic E-state index is 11.7. The summed E-state index contributed by atoms with van der Waals surface area (Å²) in [6.45, 7) is 1.45. The fourth-order valence-electron chi connectivity index (χ4n) is 1.59. The molecule has 0 aliphatic rings. The summed E-state index contributed by atoms with van der Waals surface area (Å²) in [6.07, 6.45) is 0. The lowest BCUT2D eigenvalue weighted by Gasteiger charge is -2.02. The van der Waals surface area contributed by atoms with Crippen molar-refractivity contribution in [2.45, 2.75) is 6.54 Å². The van der Waals surface area contributed by atoms with Gasteiger partial charge in [0.2, 0.25) is 0 Å². The number of hydrogen-bond donors (Lipinski definition) is 2. The van der Waals surface area contributed by atoms with Gasteiger partial charge in [-0.2, -0.15) is 0 Å². The van der Waals surface area contributed by atoms with E-state index in [1.807, 2.05) is 25.2 Å². The fourth-order valence-corrected chi connectivity index (χ4v) is 2.05. The van der Waals surface area contributed by atoms with Gasteiger partial charge in [-0.05, 0) is 35.1 Å². The molecule has 2 aromatic rings. The molecule has 0 aliphatic heterocycles. The molecule has 0 aliphatic carbocycles. The van der Waals surface area contributed by atoms with Crippen LogP contribution in [-0.4, -0.2) is 23.1 Å². The highest BCUT2D eigenvalue weighted by atomic mass is 79.9. The molecule has 15 heavy (non-hydrogen) atoms. The predicted octanol–water partition coefficient (Wildman–Crippen LogP) is 1.31. The van der Waals surface area contributed by atoms with E-state index in [9.17, 15) is 4.79 Å². The normalized spacial score (nSPS) is 11.1. The number of imidazole rings is 1. The largest absolute Gasteiger partial charge is 0.326 e.